The van der Waals surface area contributed by atoms with E-state index in [1.807, 2.05) is 6.92 Å². The molecule has 16 heavy (non-hydrogen) atoms. The molecule has 0 spiro atoms. The first kappa shape index (κ1) is 13.2. The minimum atomic E-state index is -0.237. The van der Waals surface area contributed by atoms with Gasteiger partial charge < -0.3 is 10.4 Å². The van der Waals surface area contributed by atoms with Crippen LogP contribution in [0, 0.1) is 6.92 Å². The molecular weight excluding hydrogens is 198 g/mol. The van der Waals surface area contributed by atoms with Gasteiger partial charge in [-0.25, -0.2) is 0 Å². The highest BCUT2D eigenvalue weighted by atomic mass is 16.3. The molecule has 90 valence electrons. The molecule has 2 nitrogen and oxygen atoms in total. The molecule has 0 aliphatic carbocycles. The Labute approximate surface area is 98.7 Å². The van der Waals surface area contributed by atoms with Gasteiger partial charge >= 0.3 is 0 Å². The van der Waals surface area contributed by atoms with E-state index in [9.17, 15) is 5.11 Å². The van der Waals surface area contributed by atoms with E-state index in [2.05, 4.69) is 43.4 Å². The monoisotopic (exact) mass is 221 g/mol. The van der Waals surface area contributed by atoms with E-state index in [4.69, 9.17) is 0 Å². The Morgan fingerprint density at radius 3 is 2.25 bits per heavy atom. The molecule has 0 aliphatic heterocycles. The second-order valence-electron chi connectivity index (χ2n) is 4.34. The Hall–Kier alpha value is -0.860. The lowest BCUT2D eigenvalue weighted by Gasteiger charge is -2.19. The molecule has 0 radical (unpaired) electrons. The summed E-state index contributed by atoms with van der Waals surface area (Å²) < 4.78 is 0. The van der Waals surface area contributed by atoms with E-state index in [1.165, 1.54) is 11.1 Å². The number of aryl methyl sites for hydroxylation is 1. The maximum absolute atomic E-state index is 9.53. The van der Waals surface area contributed by atoms with Gasteiger partial charge in [0, 0.05) is 12.6 Å². The highest BCUT2D eigenvalue weighted by molar-refractivity contribution is 5.24. The predicted octanol–water partition coefficient (Wildman–Crippen LogP) is 2.81. The van der Waals surface area contributed by atoms with Crippen molar-refractivity contribution in [2.24, 2.45) is 0 Å². The maximum Gasteiger partial charge on any atom is 0.0662 e. The SMILES string of the molecule is CCC(O)CNC(CC)c1ccc(C)cc1. The number of nitrogens with one attached hydrogen (secondary N) is 1. The normalized spacial score (nSPS) is 14.8. The lowest BCUT2D eigenvalue weighted by atomic mass is 10.0. The second-order valence-corrected chi connectivity index (χ2v) is 4.34. The minimum absolute atomic E-state index is 0.237. The Morgan fingerprint density at radius 2 is 1.75 bits per heavy atom. The zero-order chi connectivity index (χ0) is 12.0. The van der Waals surface area contributed by atoms with Gasteiger partial charge in [-0.1, -0.05) is 43.7 Å². The highest BCUT2D eigenvalue weighted by Crippen LogP contribution is 2.16. The molecule has 0 bridgehead atoms. The van der Waals surface area contributed by atoms with Crippen molar-refractivity contribution in [3.63, 3.8) is 0 Å². The number of benzene rings is 1. The summed E-state index contributed by atoms with van der Waals surface area (Å²) in [6, 6.07) is 8.94. The van der Waals surface area contributed by atoms with Gasteiger partial charge in [-0.3, -0.25) is 0 Å². The standard InChI is InChI=1S/C14H23NO/c1-4-13(16)10-15-14(5-2)12-8-6-11(3)7-9-12/h6-9,13-16H,4-5,10H2,1-3H3. The third kappa shape index (κ3) is 3.95. The first-order valence-corrected chi connectivity index (χ1v) is 6.15. The van der Waals surface area contributed by atoms with Crippen molar-refractivity contribution in [3.8, 4) is 0 Å². The van der Waals surface area contributed by atoms with Crippen molar-refractivity contribution in [2.45, 2.75) is 45.8 Å². The summed E-state index contributed by atoms with van der Waals surface area (Å²) in [4.78, 5) is 0. The van der Waals surface area contributed by atoms with Crippen LogP contribution in [0.5, 0.6) is 0 Å². The summed E-state index contributed by atoms with van der Waals surface area (Å²) >= 11 is 0. The van der Waals surface area contributed by atoms with Crippen LogP contribution in [-0.2, 0) is 0 Å². The quantitative estimate of drug-likeness (QED) is 0.774. The lowest BCUT2D eigenvalue weighted by Crippen LogP contribution is -2.29. The molecule has 2 N–H and O–H groups in total. The first-order chi connectivity index (χ1) is 7.67. The minimum Gasteiger partial charge on any atom is -0.392 e. The Kier molecular flexibility index (Phi) is 5.50. The molecule has 2 atom stereocenters. The van der Waals surface area contributed by atoms with Crippen molar-refractivity contribution in [3.05, 3.63) is 35.4 Å². The Balaban J connectivity index is 2.57. The second kappa shape index (κ2) is 6.66. The van der Waals surface area contributed by atoms with Crippen LogP contribution in [0.15, 0.2) is 24.3 Å². The molecule has 0 aliphatic rings. The topological polar surface area (TPSA) is 32.3 Å². The van der Waals surface area contributed by atoms with Crippen LogP contribution >= 0.6 is 0 Å². The average Bonchev–Trinajstić information content (AvgIpc) is 2.31. The van der Waals surface area contributed by atoms with E-state index >= 15 is 0 Å². The van der Waals surface area contributed by atoms with Crippen molar-refractivity contribution < 1.29 is 5.11 Å². The Bertz CT molecular complexity index is 294. The third-order valence-corrected chi connectivity index (χ3v) is 2.96. The first-order valence-electron chi connectivity index (χ1n) is 6.15. The summed E-state index contributed by atoms with van der Waals surface area (Å²) in [5.74, 6) is 0. The molecule has 2 unspecified atom stereocenters. The van der Waals surface area contributed by atoms with Gasteiger partial charge in [-0.15, -0.1) is 0 Å². The van der Waals surface area contributed by atoms with E-state index in [1.54, 1.807) is 0 Å². The fourth-order valence-electron chi connectivity index (χ4n) is 1.72. The molecule has 1 aromatic rings. The summed E-state index contributed by atoms with van der Waals surface area (Å²) in [6.45, 7) is 6.93. The fourth-order valence-corrected chi connectivity index (χ4v) is 1.72. The number of hydrogen-bond donors (Lipinski definition) is 2. The smallest absolute Gasteiger partial charge is 0.0662 e. The summed E-state index contributed by atoms with van der Waals surface area (Å²) in [7, 11) is 0. The zero-order valence-electron chi connectivity index (χ0n) is 10.5. The summed E-state index contributed by atoms with van der Waals surface area (Å²) in [5.41, 5.74) is 2.59. The van der Waals surface area contributed by atoms with Crippen LogP contribution in [-0.4, -0.2) is 17.8 Å². The third-order valence-electron chi connectivity index (χ3n) is 2.96. The van der Waals surface area contributed by atoms with Gasteiger partial charge in [0.15, 0.2) is 0 Å². The molecule has 0 saturated carbocycles. The number of aliphatic hydroxyl groups is 1. The molecule has 1 rings (SSSR count). The van der Waals surface area contributed by atoms with Crippen LogP contribution in [0.25, 0.3) is 0 Å². The number of hydrogen-bond acceptors (Lipinski definition) is 2. The van der Waals surface area contributed by atoms with Crippen LogP contribution in [0.4, 0.5) is 0 Å². The lowest BCUT2D eigenvalue weighted by molar-refractivity contribution is 0.162. The Morgan fingerprint density at radius 1 is 1.12 bits per heavy atom. The molecule has 0 amide bonds. The molecule has 1 aromatic carbocycles. The molecule has 0 aromatic heterocycles. The molecule has 0 heterocycles. The van der Waals surface area contributed by atoms with Gasteiger partial charge in [-0.2, -0.15) is 0 Å². The van der Waals surface area contributed by atoms with Crippen LogP contribution < -0.4 is 5.32 Å². The zero-order valence-corrected chi connectivity index (χ0v) is 10.5. The van der Waals surface area contributed by atoms with E-state index < -0.39 is 0 Å². The molecule has 0 fully saturated rings. The maximum atomic E-state index is 9.53. The number of rotatable bonds is 6. The van der Waals surface area contributed by atoms with E-state index in [-0.39, 0.29) is 6.10 Å². The van der Waals surface area contributed by atoms with Crippen molar-refractivity contribution in [2.75, 3.05) is 6.54 Å². The fraction of sp³-hybridized carbons (Fsp3) is 0.571. The van der Waals surface area contributed by atoms with Gasteiger partial charge in [-0.05, 0) is 25.3 Å². The molecular formula is C14H23NO. The molecule has 2 heteroatoms. The van der Waals surface area contributed by atoms with Crippen LogP contribution in [0.3, 0.4) is 0 Å². The molecule has 0 saturated heterocycles. The van der Waals surface area contributed by atoms with Crippen LogP contribution in [0.1, 0.15) is 43.9 Å². The van der Waals surface area contributed by atoms with Crippen LogP contribution in [0.2, 0.25) is 0 Å². The highest BCUT2D eigenvalue weighted by Gasteiger charge is 2.09. The van der Waals surface area contributed by atoms with Gasteiger partial charge in [0.05, 0.1) is 6.10 Å². The predicted molar refractivity (Wildman–Crippen MR) is 68.5 cm³/mol. The summed E-state index contributed by atoms with van der Waals surface area (Å²) in [6.07, 6.45) is 1.61. The van der Waals surface area contributed by atoms with Crippen molar-refractivity contribution in [1.29, 1.82) is 0 Å². The van der Waals surface area contributed by atoms with Crippen molar-refractivity contribution >= 4 is 0 Å². The number of aliphatic hydroxyl groups excluding tert-OH is 1. The average molecular weight is 221 g/mol. The van der Waals surface area contributed by atoms with Crippen molar-refractivity contribution in [1.82, 2.24) is 5.32 Å². The van der Waals surface area contributed by atoms with E-state index in [0.717, 1.165) is 12.8 Å². The van der Waals surface area contributed by atoms with Gasteiger partial charge in [0.2, 0.25) is 0 Å². The summed E-state index contributed by atoms with van der Waals surface area (Å²) in [5, 5.41) is 12.9. The van der Waals surface area contributed by atoms with E-state index in [0.29, 0.717) is 12.6 Å². The van der Waals surface area contributed by atoms with Gasteiger partial charge in [0.25, 0.3) is 0 Å². The largest absolute Gasteiger partial charge is 0.392 e. The van der Waals surface area contributed by atoms with Gasteiger partial charge in [0.1, 0.15) is 0 Å².